The van der Waals surface area contributed by atoms with Crippen molar-refractivity contribution in [3.8, 4) is 23.3 Å². The highest BCUT2D eigenvalue weighted by Crippen LogP contribution is 2.30. The molecule has 3 aromatic rings. The molecule has 32 heavy (non-hydrogen) atoms. The number of hydrogen-bond donors (Lipinski definition) is 0. The summed E-state index contributed by atoms with van der Waals surface area (Å²) in [4.78, 5) is 17.1. The van der Waals surface area contributed by atoms with E-state index in [4.69, 9.17) is 9.47 Å². The molecule has 1 unspecified atom stereocenters. The Morgan fingerprint density at radius 3 is 2.41 bits per heavy atom. The van der Waals surface area contributed by atoms with Crippen molar-refractivity contribution in [1.29, 1.82) is 0 Å². The van der Waals surface area contributed by atoms with Gasteiger partial charge in [-0.25, -0.2) is 8.60 Å². The predicted molar refractivity (Wildman–Crippen MR) is 120 cm³/mol. The normalized spacial score (nSPS) is 12.2. The fraction of sp³-hybridized carbons (Fsp3) is 0.167. The van der Waals surface area contributed by atoms with Gasteiger partial charge in [0.15, 0.2) is 11.5 Å². The average molecular weight is 453 g/mol. The van der Waals surface area contributed by atoms with Crippen LogP contribution in [0.15, 0.2) is 64.1 Å². The van der Waals surface area contributed by atoms with Gasteiger partial charge in [-0.15, -0.1) is 0 Å². The van der Waals surface area contributed by atoms with Gasteiger partial charge >= 0.3 is 0 Å². The van der Waals surface area contributed by atoms with Gasteiger partial charge < -0.3 is 9.47 Å². The van der Waals surface area contributed by atoms with E-state index in [-0.39, 0.29) is 11.4 Å². The van der Waals surface area contributed by atoms with Crippen molar-refractivity contribution < 1.29 is 22.9 Å². The number of benzene rings is 2. The zero-order chi connectivity index (χ0) is 23.3. The first-order valence-corrected chi connectivity index (χ1v) is 11.4. The highest BCUT2D eigenvalue weighted by molar-refractivity contribution is 7.93. The second kappa shape index (κ2) is 9.62. The zero-order valence-electron chi connectivity index (χ0n) is 18.0. The van der Waals surface area contributed by atoms with Crippen molar-refractivity contribution in [1.82, 2.24) is 4.98 Å². The van der Waals surface area contributed by atoms with Crippen LogP contribution in [0.25, 0.3) is 0 Å². The largest absolute Gasteiger partial charge is 0.493 e. The Bertz CT molecular complexity index is 1370. The molecule has 0 saturated carbocycles. The summed E-state index contributed by atoms with van der Waals surface area (Å²) in [5.74, 6) is 5.69. The summed E-state index contributed by atoms with van der Waals surface area (Å²) in [6, 6.07) is 10.8. The van der Waals surface area contributed by atoms with Crippen LogP contribution in [-0.2, 0) is 9.73 Å². The Hall–Kier alpha value is -3.70. The van der Waals surface area contributed by atoms with Gasteiger partial charge in [0.25, 0.3) is 5.91 Å². The quantitative estimate of drug-likeness (QED) is 0.553. The second-order valence-electron chi connectivity index (χ2n) is 6.89. The van der Waals surface area contributed by atoms with Crippen LogP contribution in [0.2, 0.25) is 0 Å². The molecule has 1 aromatic heterocycles. The summed E-state index contributed by atoms with van der Waals surface area (Å²) in [5.41, 5.74) is 1.75. The fourth-order valence-corrected chi connectivity index (χ4v) is 3.98. The van der Waals surface area contributed by atoms with Crippen molar-refractivity contribution in [3.63, 3.8) is 0 Å². The van der Waals surface area contributed by atoms with Gasteiger partial charge in [0.1, 0.15) is 5.82 Å². The SMILES string of the molecule is COc1ccc(S(C)(=O)=NC(=O)c2cncc(C#Cc3ccc(F)c(C)c3)c2)cc1OC. The molecule has 0 radical (unpaired) electrons. The monoisotopic (exact) mass is 452 g/mol. The lowest BCUT2D eigenvalue weighted by molar-refractivity contribution is 0.100. The van der Waals surface area contributed by atoms with Gasteiger partial charge in [-0.3, -0.25) is 9.78 Å². The Kier molecular flexibility index (Phi) is 6.91. The van der Waals surface area contributed by atoms with Gasteiger partial charge in [0.2, 0.25) is 0 Å². The maximum absolute atomic E-state index is 13.4. The molecular formula is C24H21FN2O4S. The van der Waals surface area contributed by atoms with Crippen LogP contribution < -0.4 is 9.47 Å². The summed E-state index contributed by atoms with van der Waals surface area (Å²) in [7, 11) is -0.0916. The standard InChI is InChI=1S/C24H21FN2O4S/c1-16-11-17(7-9-21(16)25)5-6-18-12-19(15-26-14-18)24(28)27-32(4,29)20-8-10-22(30-2)23(13-20)31-3/h7-15H,1-4H3. The Labute approximate surface area is 186 Å². The number of aromatic nitrogens is 1. The molecular weight excluding hydrogens is 431 g/mol. The van der Waals surface area contributed by atoms with Crippen LogP contribution in [0, 0.1) is 24.6 Å². The van der Waals surface area contributed by atoms with Crippen LogP contribution >= 0.6 is 0 Å². The number of carbonyl (C=O) groups is 1. The number of methoxy groups -OCH3 is 2. The molecule has 0 aliphatic carbocycles. The van der Waals surface area contributed by atoms with E-state index in [0.29, 0.717) is 33.1 Å². The van der Waals surface area contributed by atoms with Crippen LogP contribution in [0.5, 0.6) is 11.5 Å². The maximum atomic E-state index is 13.4. The molecule has 1 heterocycles. The number of carbonyl (C=O) groups excluding carboxylic acids is 1. The molecule has 0 bridgehead atoms. The number of ether oxygens (including phenoxy) is 2. The first kappa shape index (κ1) is 23.0. The number of nitrogens with zero attached hydrogens (tertiary/aromatic N) is 2. The Morgan fingerprint density at radius 2 is 1.72 bits per heavy atom. The summed E-state index contributed by atoms with van der Waals surface area (Å²) in [5, 5.41) is 0. The number of pyridine rings is 1. The third-order valence-corrected chi connectivity index (χ3v) is 6.19. The van der Waals surface area contributed by atoms with E-state index in [1.807, 2.05) is 0 Å². The molecule has 0 spiro atoms. The summed E-state index contributed by atoms with van der Waals surface area (Å²) in [6.45, 7) is 1.66. The third kappa shape index (κ3) is 5.31. The molecule has 164 valence electrons. The molecule has 0 N–H and O–H groups in total. The van der Waals surface area contributed by atoms with E-state index < -0.39 is 15.6 Å². The maximum Gasteiger partial charge on any atom is 0.286 e. The van der Waals surface area contributed by atoms with E-state index in [0.717, 1.165) is 0 Å². The third-order valence-electron chi connectivity index (χ3n) is 4.54. The molecule has 2 aromatic carbocycles. The van der Waals surface area contributed by atoms with Gasteiger partial charge in [-0.2, -0.15) is 4.36 Å². The van der Waals surface area contributed by atoms with Crippen molar-refractivity contribution in [2.45, 2.75) is 11.8 Å². The van der Waals surface area contributed by atoms with Crippen molar-refractivity contribution >= 4 is 15.6 Å². The minimum Gasteiger partial charge on any atom is -0.493 e. The highest BCUT2D eigenvalue weighted by Gasteiger charge is 2.15. The molecule has 0 aliphatic rings. The highest BCUT2D eigenvalue weighted by atomic mass is 32.2. The smallest absolute Gasteiger partial charge is 0.286 e. The molecule has 0 fully saturated rings. The van der Waals surface area contributed by atoms with Crippen LogP contribution in [-0.4, -0.2) is 35.6 Å². The van der Waals surface area contributed by atoms with Gasteiger partial charge in [-0.05, 0) is 48.9 Å². The number of amides is 1. The summed E-state index contributed by atoms with van der Waals surface area (Å²) < 4.78 is 40.9. The predicted octanol–water partition coefficient (Wildman–Crippen LogP) is 4.24. The van der Waals surface area contributed by atoms with Gasteiger partial charge in [-0.1, -0.05) is 11.8 Å². The molecule has 1 amide bonds. The van der Waals surface area contributed by atoms with Crippen LogP contribution in [0.4, 0.5) is 4.39 Å². The molecule has 0 aliphatic heterocycles. The van der Waals surface area contributed by atoms with Crippen molar-refractivity contribution in [2.75, 3.05) is 20.5 Å². The van der Waals surface area contributed by atoms with Gasteiger partial charge in [0, 0.05) is 35.8 Å². The summed E-state index contributed by atoms with van der Waals surface area (Å²) >= 11 is 0. The van der Waals surface area contributed by atoms with E-state index in [2.05, 4.69) is 21.2 Å². The molecule has 1 atom stereocenters. The minimum atomic E-state index is -3.05. The number of hydrogen-bond acceptors (Lipinski definition) is 5. The Morgan fingerprint density at radius 1 is 1.00 bits per heavy atom. The van der Waals surface area contributed by atoms with E-state index in [1.54, 1.807) is 31.2 Å². The lowest BCUT2D eigenvalue weighted by Crippen LogP contribution is -2.05. The molecule has 6 nitrogen and oxygen atoms in total. The lowest BCUT2D eigenvalue weighted by Gasteiger charge is -2.10. The minimum absolute atomic E-state index is 0.155. The van der Waals surface area contributed by atoms with E-state index >= 15 is 0 Å². The van der Waals surface area contributed by atoms with Crippen molar-refractivity contribution in [3.05, 3.63) is 82.9 Å². The van der Waals surface area contributed by atoms with Crippen molar-refractivity contribution in [2.24, 2.45) is 4.36 Å². The zero-order valence-corrected chi connectivity index (χ0v) is 18.8. The molecule has 8 heteroatoms. The number of aryl methyl sites for hydroxylation is 1. The fourth-order valence-electron chi connectivity index (χ4n) is 2.81. The molecule has 3 rings (SSSR count). The average Bonchev–Trinajstić information content (AvgIpc) is 2.79. The van der Waals surface area contributed by atoms with Crippen LogP contribution in [0.3, 0.4) is 0 Å². The summed E-state index contributed by atoms with van der Waals surface area (Å²) in [6.07, 6.45) is 4.21. The first-order valence-electron chi connectivity index (χ1n) is 9.45. The first-order chi connectivity index (χ1) is 15.2. The number of halogens is 1. The molecule has 0 saturated heterocycles. The van der Waals surface area contributed by atoms with Crippen LogP contribution in [0.1, 0.15) is 27.0 Å². The number of rotatable bonds is 4. The van der Waals surface area contributed by atoms with E-state index in [1.165, 1.54) is 51.1 Å². The topological polar surface area (TPSA) is 77.9 Å². The second-order valence-corrected chi connectivity index (χ2v) is 9.15. The van der Waals surface area contributed by atoms with Gasteiger partial charge in [0.05, 0.1) is 34.4 Å². The van der Waals surface area contributed by atoms with E-state index in [9.17, 15) is 13.4 Å². The Balaban J connectivity index is 1.90. The lowest BCUT2D eigenvalue weighted by atomic mass is 10.1.